The number of ether oxygens (including phenoxy) is 1. The lowest BCUT2D eigenvalue weighted by molar-refractivity contribution is 0.243. The molecule has 0 bridgehead atoms. The van der Waals surface area contributed by atoms with Crippen molar-refractivity contribution in [2.45, 2.75) is 48.9 Å². The van der Waals surface area contributed by atoms with Gasteiger partial charge in [0.05, 0.1) is 11.8 Å². The highest BCUT2D eigenvalue weighted by atomic mass is 32.2. The number of benzene rings is 1. The van der Waals surface area contributed by atoms with Crippen LogP contribution in [0.5, 0.6) is 5.75 Å². The minimum Gasteiger partial charge on any atom is -0.489 e. The maximum Gasteiger partial charge on any atom is 0.344 e. The maximum absolute atomic E-state index is 11.8. The second-order valence-electron chi connectivity index (χ2n) is 5.35. The Morgan fingerprint density at radius 1 is 1.48 bits per heavy atom. The summed E-state index contributed by atoms with van der Waals surface area (Å²) < 4.78 is 7.39. The molecule has 0 unspecified atom stereocenters. The number of anilines is 1. The van der Waals surface area contributed by atoms with E-state index in [-0.39, 0.29) is 17.8 Å². The molecule has 3 N–H and O–H groups in total. The van der Waals surface area contributed by atoms with Crippen LogP contribution < -0.4 is 16.2 Å². The zero-order valence-electron chi connectivity index (χ0n) is 12.0. The highest BCUT2D eigenvalue weighted by molar-refractivity contribution is 7.99. The molecule has 1 heterocycles. The summed E-state index contributed by atoms with van der Waals surface area (Å²) in [4.78, 5) is 12.6. The summed E-state index contributed by atoms with van der Waals surface area (Å²) in [6, 6.07) is 5.92. The van der Waals surface area contributed by atoms with Crippen molar-refractivity contribution in [3.05, 3.63) is 28.7 Å². The van der Waals surface area contributed by atoms with Gasteiger partial charge in [-0.25, -0.2) is 9.89 Å². The Hall–Kier alpha value is -1.89. The number of H-pyrrole nitrogens is 1. The lowest BCUT2D eigenvalue weighted by Gasteiger charge is -2.14. The van der Waals surface area contributed by atoms with Gasteiger partial charge in [0.1, 0.15) is 5.75 Å². The van der Waals surface area contributed by atoms with Crippen molar-refractivity contribution in [2.24, 2.45) is 0 Å². The first-order valence-electron chi connectivity index (χ1n) is 6.96. The first-order chi connectivity index (χ1) is 10.1. The number of hydrogen-bond acceptors (Lipinski definition) is 5. The van der Waals surface area contributed by atoms with Crippen LogP contribution in [0.1, 0.15) is 32.7 Å². The minimum atomic E-state index is -0.159. The Kier molecular flexibility index (Phi) is 3.67. The minimum absolute atomic E-state index is 0.0579. The summed E-state index contributed by atoms with van der Waals surface area (Å²) in [5.41, 5.74) is 6.58. The fraction of sp³-hybridized carbons (Fsp3) is 0.429. The molecule has 0 amide bonds. The number of nitrogens with zero attached hydrogens (tertiary/aromatic N) is 2. The van der Waals surface area contributed by atoms with Crippen molar-refractivity contribution < 1.29 is 4.74 Å². The van der Waals surface area contributed by atoms with Gasteiger partial charge in [0.25, 0.3) is 0 Å². The summed E-state index contributed by atoms with van der Waals surface area (Å²) in [5.74, 6) is 0.658. The molecule has 3 rings (SSSR count). The SMILES string of the molecule is CC(C)Oc1cccc(Sc2n[nH]c(=O)n2C2CC2)c1N. The van der Waals surface area contributed by atoms with E-state index in [1.165, 1.54) is 11.8 Å². The average Bonchev–Trinajstić information content (AvgIpc) is 3.19. The summed E-state index contributed by atoms with van der Waals surface area (Å²) in [5, 5.41) is 7.25. The van der Waals surface area contributed by atoms with Gasteiger partial charge in [-0.3, -0.25) is 4.57 Å². The zero-order chi connectivity index (χ0) is 15.0. The van der Waals surface area contributed by atoms with Crippen LogP contribution in [0.2, 0.25) is 0 Å². The van der Waals surface area contributed by atoms with Gasteiger partial charge < -0.3 is 10.5 Å². The Bertz CT molecular complexity index is 703. The molecule has 0 spiro atoms. The number of aromatic amines is 1. The van der Waals surface area contributed by atoms with E-state index in [1.807, 2.05) is 32.0 Å². The topological polar surface area (TPSA) is 85.9 Å². The number of nitrogen functional groups attached to an aromatic ring is 1. The Morgan fingerprint density at radius 2 is 2.24 bits per heavy atom. The van der Waals surface area contributed by atoms with Crippen LogP contribution in [0, 0.1) is 0 Å². The second-order valence-corrected chi connectivity index (χ2v) is 6.36. The van der Waals surface area contributed by atoms with E-state index < -0.39 is 0 Å². The summed E-state index contributed by atoms with van der Waals surface area (Å²) in [6.07, 6.45) is 2.11. The maximum atomic E-state index is 11.8. The fourth-order valence-corrected chi connectivity index (χ4v) is 3.06. The second kappa shape index (κ2) is 5.48. The smallest absolute Gasteiger partial charge is 0.344 e. The molecule has 6 nitrogen and oxygen atoms in total. The van der Waals surface area contributed by atoms with E-state index in [4.69, 9.17) is 10.5 Å². The molecule has 1 aliphatic rings. The van der Waals surface area contributed by atoms with E-state index in [9.17, 15) is 4.79 Å². The van der Waals surface area contributed by atoms with Crippen molar-refractivity contribution in [3.63, 3.8) is 0 Å². The summed E-state index contributed by atoms with van der Waals surface area (Å²) in [6.45, 7) is 3.91. The molecular formula is C14H18N4O2S. The van der Waals surface area contributed by atoms with E-state index in [0.29, 0.717) is 16.6 Å². The molecule has 0 aliphatic heterocycles. The highest BCUT2D eigenvalue weighted by Crippen LogP contribution is 2.40. The van der Waals surface area contributed by atoms with E-state index in [2.05, 4.69) is 10.2 Å². The van der Waals surface area contributed by atoms with Crippen molar-refractivity contribution in [1.82, 2.24) is 14.8 Å². The quantitative estimate of drug-likeness (QED) is 0.829. The van der Waals surface area contributed by atoms with Gasteiger partial charge in [0, 0.05) is 10.9 Å². The van der Waals surface area contributed by atoms with Crippen LogP contribution in [0.4, 0.5) is 5.69 Å². The third-order valence-corrected chi connectivity index (χ3v) is 4.22. The first kappa shape index (κ1) is 14.1. The van der Waals surface area contributed by atoms with Gasteiger partial charge in [0.2, 0.25) is 0 Å². The van der Waals surface area contributed by atoms with Crippen LogP contribution in [-0.4, -0.2) is 20.9 Å². The molecule has 0 saturated heterocycles. The third kappa shape index (κ3) is 2.92. The van der Waals surface area contributed by atoms with E-state index >= 15 is 0 Å². The molecule has 1 aromatic heterocycles. The van der Waals surface area contributed by atoms with Crippen molar-refractivity contribution in [1.29, 1.82) is 0 Å². The predicted molar refractivity (Wildman–Crippen MR) is 81.9 cm³/mol. The van der Waals surface area contributed by atoms with Gasteiger partial charge >= 0.3 is 5.69 Å². The molecule has 0 atom stereocenters. The molecule has 1 saturated carbocycles. The fourth-order valence-electron chi connectivity index (χ4n) is 2.08. The Labute approximate surface area is 126 Å². The number of nitrogens with one attached hydrogen (secondary N) is 1. The lowest BCUT2D eigenvalue weighted by Crippen LogP contribution is -2.16. The molecule has 1 fully saturated rings. The summed E-state index contributed by atoms with van der Waals surface area (Å²) >= 11 is 1.39. The number of nitrogens with two attached hydrogens (primary N) is 1. The molecule has 1 aliphatic carbocycles. The average molecular weight is 306 g/mol. The van der Waals surface area contributed by atoms with E-state index in [0.717, 1.165) is 17.7 Å². The number of para-hydroxylation sites is 1. The van der Waals surface area contributed by atoms with Crippen molar-refractivity contribution in [2.75, 3.05) is 5.73 Å². The molecule has 112 valence electrons. The predicted octanol–water partition coefficient (Wildman–Crippen LogP) is 2.43. The van der Waals surface area contributed by atoms with Crippen molar-refractivity contribution >= 4 is 17.4 Å². The number of aromatic nitrogens is 3. The summed E-state index contributed by atoms with van der Waals surface area (Å²) in [7, 11) is 0. The van der Waals surface area contributed by atoms with Crippen LogP contribution in [-0.2, 0) is 0 Å². The molecule has 2 aromatic rings. The van der Waals surface area contributed by atoms with Crippen LogP contribution in [0.15, 0.2) is 33.0 Å². The Balaban J connectivity index is 1.90. The molecule has 0 radical (unpaired) electrons. The molecule has 1 aromatic carbocycles. The Morgan fingerprint density at radius 3 is 2.90 bits per heavy atom. The van der Waals surface area contributed by atoms with E-state index in [1.54, 1.807) is 4.57 Å². The number of hydrogen-bond donors (Lipinski definition) is 2. The normalized spacial score (nSPS) is 14.6. The highest BCUT2D eigenvalue weighted by Gasteiger charge is 2.29. The van der Waals surface area contributed by atoms with Crippen LogP contribution in [0.25, 0.3) is 0 Å². The zero-order valence-corrected chi connectivity index (χ0v) is 12.8. The molecular weight excluding hydrogens is 288 g/mol. The molecule has 21 heavy (non-hydrogen) atoms. The van der Waals surface area contributed by atoms with Crippen molar-refractivity contribution in [3.8, 4) is 5.75 Å². The van der Waals surface area contributed by atoms with Crippen LogP contribution in [0.3, 0.4) is 0 Å². The monoisotopic (exact) mass is 306 g/mol. The van der Waals surface area contributed by atoms with Gasteiger partial charge in [-0.2, -0.15) is 0 Å². The molecule has 7 heteroatoms. The van der Waals surface area contributed by atoms with Gasteiger partial charge in [0.15, 0.2) is 5.16 Å². The third-order valence-electron chi connectivity index (χ3n) is 3.17. The standard InChI is InChI=1S/C14H18N4O2S/c1-8(2)20-10-4-3-5-11(12(10)15)21-14-17-16-13(19)18(14)9-6-7-9/h3-5,8-9H,6-7,15H2,1-2H3,(H,16,19). The lowest BCUT2D eigenvalue weighted by atomic mass is 10.3. The van der Waals surface area contributed by atoms with Crippen LogP contribution >= 0.6 is 11.8 Å². The largest absolute Gasteiger partial charge is 0.489 e. The number of rotatable bonds is 5. The first-order valence-corrected chi connectivity index (χ1v) is 7.78. The van der Waals surface area contributed by atoms with Gasteiger partial charge in [-0.05, 0) is 50.6 Å². The van der Waals surface area contributed by atoms with Gasteiger partial charge in [-0.1, -0.05) is 6.07 Å². The van der Waals surface area contributed by atoms with Gasteiger partial charge in [-0.15, -0.1) is 5.10 Å².